The second-order valence-corrected chi connectivity index (χ2v) is 7.89. The number of carbonyl (C=O) groups excluding carboxylic acids is 2. The highest BCUT2D eigenvalue weighted by Gasteiger charge is 2.65. The molecule has 4 rings (SSSR count). The lowest BCUT2D eigenvalue weighted by Crippen LogP contribution is -2.63. The van der Waals surface area contributed by atoms with E-state index in [1.807, 2.05) is 13.0 Å². The Morgan fingerprint density at radius 2 is 2.17 bits per heavy atom. The molecule has 0 unspecified atom stereocenters. The Morgan fingerprint density at radius 1 is 1.33 bits per heavy atom. The van der Waals surface area contributed by atoms with Crippen molar-refractivity contribution in [2.75, 3.05) is 6.61 Å². The van der Waals surface area contributed by atoms with Crippen LogP contribution in [0.1, 0.15) is 45.1 Å². The summed E-state index contributed by atoms with van der Waals surface area (Å²) in [5, 5.41) is 0. The fraction of sp³-hybridized carbons (Fsp3) is 0.600. The molecular weight excluding hydrogens is 304 g/mol. The fourth-order valence-corrected chi connectivity index (χ4v) is 5.50. The van der Waals surface area contributed by atoms with Crippen molar-refractivity contribution in [1.29, 1.82) is 0 Å². The van der Waals surface area contributed by atoms with Crippen LogP contribution in [0.5, 0.6) is 0 Å². The van der Waals surface area contributed by atoms with Crippen molar-refractivity contribution in [3.8, 4) is 0 Å². The van der Waals surface area contributed by atoms with Crippen LogP contribution >= 0.6 is 0 Å². The van der Waals surface area contributed by atoms with Gasteiger partial charge in [-0.05, 0) is 62.1 Å². The minimum absolute atomic E-state index is 0.0689. The largest absolute Gasteiger partial charge is 0.472 e. The van der Waals surface area contributed by atoms with Crippen molar-refractivity contribution in [2.24, 2.45) is 22.7 Å². The summed E-state index contributed by atoms with van der Waals surface area (Å²) in [7, 11) is 0. The molecule has 1 saturated heterocycles. The molecule has 0 radical (unpaired) electrons. The molecule has 4 atom stereocenters. The molecule has 2 aliphatic carbocycles. The van der Waals surface area contributed by atoms with Gasteiger partial charge in [0, 0.05) is 11.8 Å². The van der Waals surface area contributed by atoms with Crippen molar-refractivity contribution in [2.45, 2.75) is 46.0 Å². The Labute approximate surface area is 142 Å². The van der Waals surface area contributed by atoms with Crippen LogP contribution in [0.3, 0.4) is 0 Å². The Morgan fingerprint density at radius 3 is 2.92 bits per heavy atom. The van der Waals surface area contributed by atoms with Crippen LogP contribution in [-0.2, 0) is 20.7 Å². The number of carbonyl (C=O) groups is 2. The highest BCUT2D eigenvalue weighted by molar-refractivity contribution is 5.93. The molecule has 1 aliphatic heterocycles. The number of cyclic esters (lactones) is 1. The first-order valence-corrected chi connectivity index (χ1v) is 8.89. The molecular formula is C20H24O4. The van der Waals surface area contributed by atoms with E-state index in [4.69, 9.17) is 9.15 Å². The van der Waals surface area contributed by atoms with Gasteiger partial charge in [0.25, 0.3) is 0 Å². The molecule has 4 nitrogen and oxygen atoms in total. The van der Waals surface area contributed by atoms with E-state index < -0.39 is 5.41 Å². The summed E-state index contributed by atoms with van der Waals surface area (Å²) in [6, 6.07) is 1.95. The van der Waals surface area contributed by atoms with Crippen LogP contribution in [0, 0.1) is 22.7 Å². The monoisotopic (exact) mass is 328 g/mol. The summed E-state index contributed by atoms with van der Waals surface area (Å²) in [5.74, 6) is 0.361. The van der Waals surface area contributed by atoms with E-state index in [0.29, 0.717) is 13.0 Å². The normalized spacial score (nSPS) is 38.3. The van der Waals surface area contributed by atoms with Crippen molar-refractivity contribution in [3.05, 3.63) is 35.8 Å². The highest BCUT2D eigenvalue weighted by Crippen LogP contribution is 2.64. The number of allylic oxidation sites excluding steroid dienone is 1. The Bertz CT molecular complexity index is 701. The van der Waals surface area contributed by atoms with Crippen molar-refractivity contribution >= 4 is 11.8 Å². The summed E-state index contributed by atoms with van der Waals surface area (Å²) in [5.41, 5.74) is 1.51. The van der Waals surface area contributed by atoms with E-state index in [-0.39, 0.29) is 29.0 Å². The third-order valence-corrected chi connectivity index (χ3v) is 7.01. The molecule has 1 saturated carbocycles. The summed E-state index contributed by atoms with van der Waals surface area (Å²) < 4.78 is 10.9. The van der Waals surface area contributed by atoms with Gasteiger partial charge in [0.2, 0.25) is 0 Å². The lowest BCUT2D eigenvalue weighted by molar-refractivity contribution is -0.204. The van der Waals surface area contributed by atoms with Crippen LogP contribution in [0.2, 0.25) is 0 Å². The zero-order valence-corrected chi connectivity index (χ0v) is 14.3. The van der Waals surface area contributed by atoms with Crippen LogP contribution in [0.25, 0.3) is 0 Å². The Kier molecular flexibility index (Phi) is 3.48. The molecule has 4 heteroatoms. The fourth-order valence-electron chi connectivity index (χ4n) is 5.50. The number of furan rings is 1. The van der Waals surface area contributed by atoms with Gasteiger partial charge in [0.1, 0.15) is 6.61 Å². The van der Waals surface area contributed by atoms with Crippen LogP contribution in [0.15, 0.2) is 34.7 Å². The molecule has 1 aromatic heterocycles. The summed E-state index contributed by atoms with van der Waals surface area (Å²) >= 11 is 0. The third-order valence-electron chi connectivity index (χ3n) is 7.01. The maximum absolute atomic E-state index is 13.0. The number of ether oxygens (including phenoxy) is 1. The van der Waals surface area contributed by atoms with Crippen LogP contribution in [0.4, 0.5) is 0 Å². The molecule has 0 N–H and O–H groups in total. The second-order valence-electron chi connectivity index (χ2n) is 7.89. The molecule has 1 aromatic rings. The van der Waals surface area contributed by atoms with Crippen molar-refractivity contribution in [3.63, 3.8) is 0 Å². The third kappa shape index (κ3) is 1.98. The van der Waals surface area contributed by atoms with Crippen LogP contribution in [-0.4, -0.2) is 18.4 Å². The number of hydrogen-bond donors (Lipinski definition) is 0. The average molecular weight is 328 g/mol. The lowest BCUT2D eigenvalue weighted by Gasteiger charge is -2.61. The average Bonchev–Trinajstić information content (AvgIpc) is 3.06. The first kappa shape index (κ1) is 15.7. The van der Waals surface area contributed by atoms with Gasteiger partial charge >= 0.3 is 5.97 Å². The number of ketones is 1. The Hall–Kier alpha value is -1.84. The van der Waals surface area contributed by atoms with Crippen molar-refractivity contribution < 1.29 is 18.7 Å². The zero-order chi connectivity index (χ0) is 16.9. The molecule has 2 heterocycles. The smallest absolute Gasteiger partial charge is 0.312 e. The van der Waals surface area contributed by atoms with Gasteiger partial charge in [0.15, 0.2) is 5.78 Å². The molecule has 0 aromatic carbocycles. The van der Waals surface area contributed by atoms with E-state index in [9.17, 15) is 9.59 Å². The van der Waals surface area contributed by atoms with Gasteiger partial charge in [-0.25, -0.2) is 0 Å². The molecule has 0 amide bonds. The second kappa shape index (κ2) is 5.33. The van der Waals surface area contributed by atoms with Gasteiger partial charge < -0.3 is 9.15 Å². The van der Waals surface area contributed by atoms with Gasteiger partial charge in [-0.2, -0.15) is 0 Å². The SMILES string of the molecule is CC1=CC(=O)C[C@H]2[C@@]13CC[C@@H](C)[C@@]2(CCc1ccoc1)C(=O)OC3. The Balaban J connectivity index is 1.77. The quantitative estimate of drug-likeness (QED) is 0.794. The number of hydrogen-bond acceptors (Lipinski definition) is 4. The van der Waals surface area contributed by atoms with E-state index in [1.54, 1.807) is 18.6 Å². The molecule has 2 fully saturated rings. The predicted molar refractivity (Wildman–Crippen MR) is 88.1 cm³/mol. The summed E-state index contributed by atoms with van der Waals surface area (Å²) in [6.07, 6.45) is 9.18. The minimum atomic E-state index is -0.557. The van der Waals surface area contributed by atoms with Gasteiger partial charge in [0.05, 0.1) is 17.9 Å². The minimum Gasteiger partial charge on any atom is -0.472 e. The summed E-state index contributed by atoms with van der Waals surface area (Å²) in [4.78, 5) is 25.3. The van der Waals surface area contributed by atoms with E-state index >= 15 is 0 Å². The summed E-state index contributed by atoms with van der Waals surface area (Å²) in [6.45, 7) is 4.64. The topological polar surface area (TPSA) is 56.5 Å². The first-order valence-electron chi connectivity index (χ1n) is 8.89. The van der Waals surface area contributed by atoms with Gasteiger partial charge in [-0.1, -0.05) is 12.5 Å². The van der Waals surface area contributed by atoms with Crippen LogP contribution < -0.4 is 0 Å². The lowest BCUT2D eigenvalue weighted by atomic mass is 9.44. The molecule has 0 spiro atoms. The van der Waals surface area contributed by atoms with Gasteiger partial charge in [-0.3, -0.25) is 9.59 Å². The zero-order valence-electron chi connectivity index (χ0n) is 14.3. The highest BCUT2D eigenvalue weighted by atomic mass is 16.5. The molecule has 128 valence electrons. The van der Waals surface area contributed by atoms with E-state index in [2.05, 4.69) is 6.92 Å². The molecule has 24 heavy (non-hydrogen) atoms. The molecule has 2 bridgehead atoms. The number of rotatable bonds is 3. The standard InChI is InChI=1S/C20H24O4/c1-13-3-6-19-12-24-18(22)20(13,7-4-15-5-8-23-11-15)17(19)10-16(21)9-14(19)2/h5,8-9,11,13,17H,3-4,6-7,10,12H2,1-2H3/t13-,17+,19-,20-/m1/s1. The predicted octanol–water partition coefficient (Wildman–Crippen LogP) is 3.71. The van der Waals surface area contributed by atoms with Crippen molar-refractivity contribution in [1.82, 2.24) is 0 Å². The maximum atomic E-state index is 13.0. The first-order chi connectivity index (χ1) is 11.5. The number of esters is 1. The van der Waals surface area contributed by atoms with E-state index in [0.717, 1.165) is 36.8 Å². The van der Waals surface area contributed by atoms with E-state index in [1.165, 1.54) is 0 Å². The maximum Gasteiger partial charge on any atom is 0.312 e. The van der Waals surface area contributed by atoms with Gasteiger partial charge in [-0.15, -0.1) is 0 Å². The molecule has 3 aliphatic rings. The number of aryl methyl sites for hydroxylation is 1.